The third-order valence-corrected chi connectivity index (χ3v) is 4.33. The van der Waals surface area contributed by atoms with Gasteiger partial charge < -0.3 is 15.0 Å². The highest BCUT2D eigenvalue weighted by atomic mass is 35.5. The molecule has 0 saturated carbocycles. The quantitative estimate of drug-likeness (QED) is 0.925. The average molecular weight is 333 g/mol. The Bertz CT molecular complexity index is 497. The number of nitrogens with one attached hydrogen (secondary N) is 1. The monoisotopic (exact) mass is 332 g/mol. The number of rotatable bonds is 3. The molecule has 2 rings (SSSR count). The lowest BCUT2D eigenvalue weighted by molar-refractivity contribution is -0.137. The number of hydrogen-bond acceptors (Lipinski definition) is 3. The van der Waals surface area contributed by atoms with E-state index in [0.717, 1.165) is 18.7 Å². The minimum absolute atomic E-state index is 0. The third-order valence-electron chi connectivity index (χ3n) is 3.92. The van der Waals surface area contributed by atoms with E-state index in [4.69, 9.17) is 16.3 Å². The molecule has 6 heteroatoms. The Hall–Kier alpha value is -0.970. The number of halogens is 2. The van der Waals surface area contributed by atoms with Crippen LogP contribution >= 0.6 is 24.0 Å². The first-order valence-corrected chi connectivity index (χ1v) is 7.29. The molecule has 1 aliphatic rings. The lowest BCUT2D eigenvalue weighted by Gasteiger charge is -2.38. The Kier molecular flexibility index (Phi) is 6.78. The van der Waals surface area contributed by atoms with Crippen LogP contribution in [-0.2, 0) is 4.79 Å². The molecule has 2 atom stereocenters. The van der Waals surface area contributed by atoms with Crippen LogP contribution < -0.4 is 10.1 Å². The van der Waals surface area contributed by atoms with Gasteiger partial charge in [0.2, 0.25) is 0 Å². The van der Waals surface area contributed by atoms with E-state index >= 15 is 0 Å². The molecule has 1 aromatic rings. The fraction of sp³-hybridized carbons (Fsp3) is 0.533. The molecule has 1 N–H and O–H groups in total. The van der Waals surface area contributed by atoms with Gasteiger partial charge in [-0.1, -0.05) is 17.7 Å². The van der Waals surface area contributed by atoms with Gasteiger partial charge in [0.05, 0.1) is 0 Å². The number of benzene rings is 1. The highest BCUT2D eigenvalue weighted by molar-refractivity contribution is 6.31. The van der Waals surface area contributed by atoms with E-state index < -0.39 is 0 Å². The molecule has 4 nitrogen and oxygen atoms in total. The zero-order chi connectivity index (χ0) is 14.7. The number of ether oxygens (including phenoxy) is 1. The Labute approximate surface area is 137 Å². The van der Waals surface area contributed by atoms with Crippen molar-refractivity contribution in [1.29, 1.82) is 0 Å². The lowest BCUT2D eigenvalue weighted by Crippen LogP contribution is -2.58. The van der Waals surface area contributed by atoms with E-state index in [1.165, 1.54) is 0 Å². The van der Waals surface area contributed by atoms with Crippen molar-refractivity contribution < 1.29 is 9.53 Å². The molecule has 1 heterocycles. The normalized spacial score (nSPS) is 21.6. The molecule has 0 aromatic heterocycles. The first-order chi connectivity index (χ1) is 9.50. The van der Waals surface area contributed by atoms with Crippen LogP contribution in [0.25, 0.3) is 0 Å². The van der Waals surface area contributed by atoms with E-state index in [1.54, 1.807) is 0 Å². The molecular weight excluding hydrogens is 311 g/mol. The van der Waals surface area contributed by atoms with Gasteiger partial charge in [-0.05, 0) is 32.9 Å². The zero-order valence-corrected chi connectivity index (χ0v) is 14.1. The van der Waals surface area contributed by atoms with Crippen molar-refractivity contribution in [3.63, 3.8) is 0 Å². The molecule has 0 spiro atoms. The molecule has 1 aromatic carbocycles. The van der Waals surface area contributed by atoms with Gasteiger partial charge in [-0.3, -0.25) is 4.79 Å². The number of piperazine rings is 1. The molecule has 0 radical (unpaired) electrons. The van der Waals surface area contributed by atoms with Crippen LogP contribution in [0.15, 0.2) is 18.2 Å². The van der Waals surface area contributed by atoms with Crippen LogP contribution in [0.5, 0.6) is 5.75 Å². The second-order valence-electron chi connectivity index (χ2n) is 5.22. The Balaban J connectivity index is 0.00000220. The summed E-state index contributed by atoms with van der Waals surface area (Å²) in [5.74, 6) is 0.687. The molecule has 2 unspecified atom stereocenters. The van der Waals surface area contributed by atoms with Gasteiger partial charge in [-0.2, -0.15) is 0 Å². The largest absolute Gasteiger partial charge is 0.483 e. The summed E-state index contributed by atoms with van der Waals surface area (Å²) < 4.78 is 5.62. The first kappa shape index (κ1) is 18.1. The Morgan fingerprint density at radius 1 is 1.48 bits per heavy atom. The summed E-state index contributed by atoms with van der Waals surface area (Å²) in [6.45, 7) is 7.64. The summed E-state index contributed by atoms with van der Waals surface area (Å²) in [6.07, 6.45) is 0. The minimum atomic E-state index is 0. The standard InChI is InChI=1S/C15H21ClN2O2.ClH/c1-10-13(16)5-4-6-14(10)20-9-15(19)18-8-7-17-11(2)12(18)3;/h4-6,11-12,17H,7-9H2,1-3H3;1H. The summed E-state index contributed by atoms with van der Waals surface area (Å²) in [4.78, 5) is 14.1. The SMILES string of the molecule is Cc1c(Cl)cccc1OCC(=O)N1CCNC(C)C1C.Cl. The molecule has 0 bridgehead atoms. The fourth-order valence-corrected chi connectivity index (χ4v) is 2.54. The summed E-state index contributed by atoms with van der Waals surface area (Å²) in [7, 11) is 0. The number of hydrogen-bond donors (Lipinski definition) is 1. The molecule has 1 amide bonds. The van der Waals surface area contributed by atoms with E-state index in [9.17, 15) is 4.79 Å². The van der Waals surface area contributed by atoms with E-state index in [1.807, 2.05) is 30.0 Å². The molecule has 118 valence electrons. The molecule has 1 aliphatic heterocycles. The maximum atomic E-state index is 12.3. The van der Waals surface area contributed by atoms with Gasteiger partial charge in [-0.25, -0.2) is 0 Å². The zero-order valence-electron chi connectivity index (χ0n) is 12.6. The van der Waals surface area contributed by atoms with E-state index in [0.29, 0.717) is 16.8 Å². The summed E-state index contributed by atoms with van der Waals surface area (Å²) in [5, 5.41) is 4.01. The van der Waals surface area contributed by atoms with Gasteiger partial charge in [0.1, 0.15) is 5.75 Å². The second-order valence-corrected chi connectivity index (χ2v) is 5.63. The summed E-state index contributed by atoms with van der Waals surface area (Å²) >= 11 is 6.04. The van der Waals surface area contributed by atoms with Gasteiger partial charge in [0.25, 0.3) is 5.91 Å². The number of nitrogens with zero attached hydrogens (tertiary/aromatic N) is 1. The van der Waals surface area contributed by atoms with Crippen molar-refractivity contribution in [1.82, 2.24) is 10.2 Å². The van der Waals surface area contributed by atoms with Gasteiger partial charge in [-0.15, -0.1) is 12.4 Å². The van der Waals surface area contributed by atoms with Crippen LogP contribution in [0.2, 0.25) is 5.02 Å². The average Bonchev–Trinajstić information content (AvgIpc) is 2.43. The second kappa shape index (κ2) is 7.87. The molecule has 1 saturated heterocycles. The predicted octanol–water partition coefficient (Wildman–Crippen LogP) is 2.66. The number of amides is 1. The first-order valence-electron chi connectivity index (χ1n) is 6.91. The van der Waals surface area contributed by atoms with Crippen molar-refractivity contribution in [3.05, 3.63) is 28.8 Å². The van der Waals surface area contributed by atoms with Crippen molar-refractivity contribution in [3.8, 4) is 5.75 Å². The number of carbonyl (C=O) groups excluding carboxylic acids is 1. The highest BCUT2D eigenvalue weighted by Crippen LogP contribution is 2.25. The van der Waals surface area contributed by atoms with Crippen LogP contribution in [0, 0.1) is 6.92 Å². The van der Waals surface area contributed by atoms with E-state index in [-0.39, 0.29) is 31.0 Å². The topological polar surface area (TPSA) is 41.6 Å². The minimum Gasteiger partial charge on any atom is -0.483 e. The van der Waals surface area contributed by atoms with Crippen LogP contribution in [0.1, 0.15) is 19.4 Å². The third kappa shape index (κ3) is 4.25. The fourth-order valence-electron chi connectivity index (χ4n) is 2.38. The predicted molar refractivity (Wildman–Crippen MR) is 87.6 cm³/mol. The van der Waals surface area contributed by atoms with Crippen LogP contribution in [-0.4, -0.2) is 42.6 Å². The van der Waals surface area contributed by atoms with Crippen molar-refractivity contribution in [2.45, 2.75) is 32.9 Å². The Morgan fingerprint density at radius 2 is 2.19 bits per heavy atom. The Morgan fingerprint density at radius 3 is 2.90 bits per heavy atom. The lowest BCUT2D eigenvalue weighted by atomic mass is 10.1. The summed E-state index contributed by atoms with van der Waals surface area (Å²) in [6, 6.07) is 5.95. The number of carbonyl (C=O) groups is 1. The molecular formula is C15H22Cl2N2O2. The smallest absolute Gasteiger partial charge is 0.260 e. The van der Waals surface area contributed by atoms with Gasteiger partial charge >= 0.3 is 0 Å². The van der Waals surface area contributed by atoms with Crippen LogP contribution in [0.4, 0.5) is 0 Å². The van der Waals surface area contributed by atoms with E-state index in [2.05, 4.69) is 19.2 Å². The maximum Gasteiger partial charge on any atom is 0.260 e. The van der Waals surface area contributed by atoms with Gasteiger partial charge in [0, 0.05) is 35.8 Å². The van der Waals surface area contributed by atoms with Crippen molar-refractivity contribution in [2.24, 2.45) is 0 Å². The molecule has 0 aliphatic carbocycles. The van der Waals surface area contributed by atoms with Crippen molar-refractivity contribution >= 4 is 29.9 Å². The van der Waals surface area contributed by atoms with Crippen LogP contribution in [0.3, 0.4) is 0 Å². The molecule has 21 heavy (non-hydrogen) atoms. The maximum absolute atomic E-state index is 12.3. The van der Waals surface area contributed by atoms with Crippen molar-refractivity contribution in [2.75, 3.05) is 19.7 Å². The summed E-state index contributed by atoms with van der Waals surface area (Å²) in [5.41, 5.74) is 0.865. The highest BCUT2D eigenvalue weighted by Gasteiger charge is 2.28. The molecule has 1 fully saturated rings. The van der Waals surface area contributed by atoms with Gasteiger partial charge in [0.15, 0.2) is 6.61 Å².